The molecule has 0 aromatic heterocycles. The van der Waals surface area contributed by atoms with Crippen LogP contribution in [0.5, 0.6) is 0 Å². The van der Waals surface area contributed by atoms with Crippen LogP contribution in [0.4, 0.5) is 0 Å². The van der Waals surface area contributed by atoms with Crippen molar-refractivity contribution in [3.8, 4) is 0 Å². The van der Waals surface area contributed by atoms with Crippen LogP contribution in [0, 0.1) is 11.3 Å². The quantitative estimate of drug-likeness (QED) is 0.618. The van der Waals surface area contributed by atoms with E-state index in [0.717, 1.165) is 25.6 Å². The Kier molecular flexibility index (Phi) is 4.91. The lowest BCUT2D eigenvalue weighted by atomic mass is 9.80. The predicted octanol–water partition coefficient (Wildman–Crippen LogP) is 1.56. The molecule has 5 nitrogen and oxygen atoms in total. The van der Waals surface area contributed by atoms with Crippen molar-refractivity contribution in [2.45, 2.75) is 59.0 Å². The first kappa shape index (κ1) is 16.3. The van der Waals surface area contributed by atoms with Gasteiger partial charge >= 0.3 is 5.97 Å². The Hall–Kier alpha value is -1.10. The predicted molar refractivity (Wildman–Crippen MR) is 80.7 cm³/mol. The number of esters is 1. The minimum absolute atomic E-state index is 0.164. The third-order valence-corrected chi connectivity index (χ3v) is 4.28. The van der Waals surface area contributed by atoms with Crippen molar-refractivity contribution in [1.29, 1.82) is 0 Å². The molecule has 2 fully saturated rings. The summed E-state index contributed by atoms with van der Waals surface area (Å²) >= 11 is 0. The Morgan fingerprint density at radius 2 is 1.95 bits per heavy atom. The van der Waals surface area contributed by atoms with Crippen LogP contribution in [0.3, 0.4) is 0 Å². The summed E-state index contributed by atoms with van der Waals surface area (Å²) in [5, 5.41) is 3.06. The van der Waals surface area contributed by atoms with Gasteiger partial charge in [-0.15, -0.1) is 0 Å². The van der Waals surface area contributed by atoms with Gasteiger partial charge in [0.15, 0.2) is 0 Å². The molecule has 2 atom stereocenters. The van der Waals surface area contributed by atoms with Crippen LogP contribution in [0.2, 0.25) is 0 Å². The van der Waals surface area contributed by atoms with Crippen molar-refractivity contribution in [2.75, 3.05) is 19.7 Å². The van der Waals surface area contributed by atoms with E-state index in [1.165, 1.54) is 12.8 Å². The second kappa shape index (κ2) is 6.34. The van der Waals surface area contributed by atoms with Crippen LogP contribution in [0.15, 0.2) is 0 Å². The topological polar surface area (TPSA) is 58.6 Å². The Balaban J connectivity index is 1.93. The van der Waals surface area contributed by atoms with E-state index >= 15 is 0 Å². The van der Waals surface area contributed by atoms with E-state index in [4.69, 9.17) is 4.74 Å². The van der Waals surface area contributed by atoms with Crippen molar-refractivity contribution in [1.82, 2.24) is 10.2 Å². The zero-order valence-corrected chi connectivity index (χ0v) is 13.6. The lowest BCUT2D eigenvalue weighted by molar-refractivity contribution is -0.156. The Labute approximate surface area is 127 Å². The van der Waals surface area contributed by atoms with E-state index < -0.39 is 17.3 Å². The number of rotatable bonds is 5. The van der Waals surface area contributed by atoms with Gasteiger partial charge in [-0.05, 0) is 31.6 Å². The highest BCUT2D eigenvalue weighted by Crippen LogP contribution is 2.31. The molecule has 2 aliphatic rings. The molecule has 1 heterocycles. The fraction of sp³-hybridized carbons (Fsp3) is 0.875. The van der Waals surface area contributed by atoms with E-state index in [0.29, 0.717) is 6.61 Å². The maximum absolute atomic E-state index is 12.5. The number of ether oxygens (including phenoxy) is 1. The van der Waals surface area contributed by atoms with E-state index in [2.05, 4.69) is 10.2 Å². The first-order valence-electron chi connectivity index (χ1n) is 8.04. The average Bonchev–Trinajstić information content (AvgIpc) is 3.09. The summed E-state index contributed by atoms with van der Waals surface area (Å²) in [7, 11) is 0. The molecule has 1 amide bonds. The van der Waals surface area contributed by atoms with Crippen molar-refractivity contribution in [2.24, 2.45) is 11.3 Å². The van der Waals surface area contributed by atoms with Gasteiger partial charge in [-0.25, -0.2) is 0 Å². The monoisotopic (exact) mass is 296 g/mol. The zero-order chi connectivity index (χ0) is 15.6. The van der Waals surface area contributed by atoms with E-state index in [1.54, 1.807) is 6.92 Å². The Morgan fingerprint density at radius 3 is 2.48 bits per heavy atom. The van der Waals surface area contributed by atoms with Crippen LogP contribution in [0.1, 0.15) is 47.0 Å². The summed E-state index contributed by atoms with van der Waals surface area (Å²) < 4.78 is 5.08. The molecule has 0 spiro atoms. The van der Waals surface area contributed by atoms with Gasteiger partial charge in [-0.3, -0.25) is 14.5 Å². The Bertz CT molecular complexity index is 399. The number of nitrogens with one attached hydrogen (secondary N) is 1. The molecule has 2 unspecified atom stereocenters. The Morgan fingerprint density at radius 1 is 1.29 bits per heavy atom. The van der Waals surface area contributed by atoms with Gasteiger partial charge in [0, 0.05) is 25.2 Å². The van der Waals surface area contributed by atoms with Crippen LogP contribution in [-0.2, 0) is 14.3 Å². The van der Waals surface area contributed by atoms with Gasteiger partial charge in [-0.1, -0.05) is 20.8 Å². The highest BCUT2D eigenvalue weighted by atomic mass is 16.5. The van der Waals surface area contributed by atoms with Gasteiger partial charge in [0.1, 0.15) is 5.92 Å². The molecule has 0 aromatic rings. The number of carbonyl (C=O) groups excluding carboxylic acids is 2. The van der Waals surface area contributed by atoms with Crippen LogP contribution >= 0.6 is 0 Å². The van der Waals surface area contributed by atoms with Gasteiger partial charge < -0.3 is 10.1 Å². The van der Waals surface area contributed by atoms with Crippen molar-refractivity contribution in [3.05, 3.63) is 0 Å². The van der Waals surface area contributed by atoms with E-state index in [-0.39, 0.29) is 11.9 Å². The van der Waals surface area contributed by atoms with Gasteiger partial charge in [0.25, 0.3) is 0 Å². The summed E-state index contributed by atoms with van der Waals surface area (Å²) in [6, 6.07) is 0.896. The lowest BCUT2D eigenvalue weighted by Gasteiger charge is -2.28. The SMILES string of the molecule is CCOC(=O)C(C(=O)NC1CCN(C2CC2)C1)C(C)(C)C. The maximum Gasteiger partial charge on any atom is 0.319 e. The minimum Gasteiger partial charge on any atom is -0.465 e. The van der Waals surface area contributed by atoms with E-state index in [1.807, 2.05) is 20.8 Å². The molecule has 0 radical (unpaired) electrons. The molecule has 1 aliphatic heterocycles. The van der Waals surface area contributed by atoms with Crippen molar-refractivity contribution in [3.63, 3.8) is 0 Å². The van der Waals surface area contributed by atoms with Gasteiger partial charge in [-0.2, -0.15) is 0 Å². The number of likely N-dealkylation sites (tertiary alicyclic amines) is 1. The zero-order valence-electron chi connectivity index (χ0n) is 13.6. The van der Waals surface area contributed by atoms with Gasteiger partial charge in [0.05, 0.1) is 6.61 Å². The minimum atomic E-state index is -0.743. The molecule has 1 aliphatic carbocycles. The number of hydrogen-bond acceptors (Lipinski definition) is 4. The number of nitrogens with zero attached hydrogens (tertiary/aromatic N) is 1. The molecule has 1 saturated carbocycles. The molecule has 21 heavy (non-hydrogen) atoms. The second-order valence-electron chi connectivity index (χ2n) is 7.27. The molecule has 0 bridgehead atoms. The fourth-order valence-electron chi connectivity index (χ4n) is 3.04. The molecule has 1 saturated heterocycles. The molecule has 5 heteroatoms. The average molecular weight is 296 g/mol. The number of amides is 1. The normalized spacial score (nSPS) is 24.7. The third kappa shape index (κ3) is 4.19. The standard InChI is InChI=1S/C16H28N2O3/c1-5-21-15(20)13(16(2,3)4)14(19)17-11-8-9-18(10-11)12-6-7-12/h11-13H,5-10H2,1-4H3,(H,17,19). The van der Waals surface area contributed by atoms with Gasteiger partial charge in [0.2, 0.25) is 5.91 Å². The lowest BCUT2D eigenvalue weighted by Crippen LogP contribution is -2.47. The largest absolute Gasteiger partial charge is 0.465 e. The van der Waals surface area contributed by atoms with Crippen molar-refractivity contribution < 1.29 is 14.3 Å². The molecular weight excluding hydrogens is 268 g/mol. The second-order valence-corrected chi connectivity index (χ2v) is 7.27. The summed E-state index contributed by atoms with van der Waals surface area (Å²) in [6.07, 6.45) is 3.55. The summed E-state index contributed by atoms with van der Waals surface area (Å²) in [4.78, 5) is 27.1. The summed E-state index contributed by atoms with van der Waals surface area (Å²) in [5.41, 5.74) is -0.439. The first-order valence-corrected chi connectivity index (χ1v) is 8.04. The molecule has 1 N–H and O–H groups in total. The maximum atomic E-state index is 12.5. The molecular formula is C16H28N2O3. The highest BCUT2D eigenvalue weighted by Gasteiger charge is 2.41. The van der Waals surface area contributed by atoms with Crippen LogP contribution in [-0.4, -0.2) is 48.6 Å². The fourth-order valence-corrected chi connectivity index (χ4v) is 3.04. The van der Waals surface area contributed by atoms with E-state index in [9.17, 15) is 9.59 Å². The number of carbonyl (C=O) groups is 2. The molecule has 120 valence electrons. The first-order chi connectivity index (χ1) is 9.82. The highest BCUT2D eigenvalue weighted by molar-refractivity contribution is 5.98. The summed E-state index contributed by atoms with van der Waals surface area (Å²) in [5.74, 6) is -1.35. The van der Waals surface area contributed by atoms with Crippen LogP contribution < -0.4 is 5.32 Å². The summed E-state index contributed by atoms with van der Waals surface area (Å²) in [6.45, 7) is 9.74. The van der Waals surface area contributed by atoms with Crippen molar-refractivity contribution >= 4 is 11.9 Å². The third-order valence-electron chi connectivity index (χ3n) is 4.28. The smallest absolute Gasteiger partial charge is 0.319 e. The molecule has 0 aromatic carbocycles. The number of hydrogen-bond donors (Lipinski definition) is 1. The molecule has 2 rings (SSSR count). The van der Waals surface area contributed by atoms with Crippen LogP contribution in [0.25, 0.3) is 0 Å².